The van der Waals surface area contributed by atoms with Gasteiger partial charge in [-0.1, -0.05) is 0 Å². The summed E-state index contributed by atoms with van der Waals surface area (Å²) in [6.07, 6.45) is -5.11. The quantitative estimate of drug-likeness (QED) is 0.568. The minimum absolute atomic E-state index is 0.0323. The van der Waals surface area contributed by atoms with Gasteiger partial charge in [0.25, 0.3) is 5.91 Å². The number of rotatable bonds is 5. The second-order valence-electron chi connectivity index (χ2n) is 8.92. The smallest absolute Gasteiger partial charge is 0.414 e. The van der Waals surface area contributed by atoms with Crippen LogP contribution in [0.1, 0.15) is 0 Å². The van der Waals surface area contributed by atoms with Crippen molar-refractivity contribution in [2.75, 3.05) is 82.4 Å². The summed E-state index contributed by atoms with van der Waals surface area (Å²) in [6.45, 7) is 2.40. The number of cyclic esters (lactones) is 1. The monoisotopic (exact) mass is 532 g/mol. The van der Waals surface area contributed by atoms with E-state index < -0.39 is 36.2 Å². The lowest BCUT2D eigenvalue weighted by Gasteiger charge is -2.35. The van der Waals surface area contributed by atoms with Crippen molar-refractivity contribution in [2.24, 2.45) is 0 Å². The van der Waals surface area contributed by atoms with E-state index >= 15 is 8.78 Å². The number of benzene rings is 1. The van der Waals surface area contributed by atoms with Crippen molar-refractivity contribution >= 4 is 29.4 Å². The Bertz CT molecular complexity index is 1000. The Balaban J connectivity index is 1.39. The lowest BCUT2D eigenvalue weighted by atomic mass is 10.2. The predicted molar refractivity (Wildman–Crippen MR) is 122 cm³/mol. The Labute approximate surface area is 210 Å². The van der Waals surface area contributed by atoms with Gasteiger partial charge >= 0.3 is 18.5 Å². The second kappa shape index (κ2) is 11.4. The van der Waals surface area contributed by atoms with Crippen molar-refractivity contribution < 1.29 is 41.5 Å². The third-order valence-electron chi connectivity index (χ3n) is 6.37. The average Bonchev–Trinajstić information content (AvgIpc) is 3.06. The number of urea groups is 1. The predicted octanol–water partition coefficient (Wildman–Crippen LogP) is 1.09. The Morgan fingerprint density at radius 2 is 1.73 bits per heavy atom. The van der Waals surface area contributed by atoms with Crippen LogP contribution in [0.4, 0.5) is 38.5 Å². The first-order valence-electron chi connectivity index (χ1n) is 11.8. The molecule has 4 rings (SSSR count). The van der Waals surface area contributed by atoms with Crippen molar-refractivity contribution in [3.05, 3.63) is 23.8 Å². The van der Waals surface area contributed by atoms with Gasteiger partial charge in [-0.2, -0.15) is 8.78 Å². The van der Waals surface area contributed by atoms with Gasteiger partial charge < -0.3 is 24.8 Å². The first-order valence-corrected chi connectivity index (χ1v) is 11.8. The SMILES string of the molecule is CN1CCN(C(=O)N2CCN(c3c(F)cc(N4CC(CNC(=O)C(F)F)OC4=O)cc3F)CCO2)CC1. The minimum atomic E-state index is -3.22. The lowest BCUT2D eigenvalue weighted by Crippen LogP contribution is -2.52. The molecule has 0 bridgehead atoms. The molecule has 3 fully saturated rings. The fourth-order valence-electron chi connectivity index (χ4n) is 4.32. The standard InChI is InChI=1S/C22H28F4N6O5/c1-28-2-4-30(5-3-28)21(34)32-7-6-29(8-9-36-32)18-16(23)10-14(11-17(18)24)31-13-15(37-22(31)35)12-27-20(33)19(25)26/h10-11,15,19H,2-9,12-13H2,1H3,(H,27,33). The number of halogens is 4. The molecule has 37 heavy (non-hydrogen) atoms. The highest BCUT2D eigenvalue weighted by Gasteiger charge is 2.35. The Morgan fingerprint density at radius 1 is 1.05 bits per heavy atom. The number of nitrogens with one attached hydrogen (secondary N) is 1. The third kappa shape index (κ3) is 6.15. The van der Waals surface area contributed by atoms with E-state index in [9.17, 15) is 23.2 Å². The summed E-state index contributed by atoms with van der Waals surface area (Å²) in [7, 11) is 1.97. The molecule has 1 unspecified atom stereocenters. The van der Waals surface area contributed by atoms with Crippen molar-refractivity contribution in [1.82, 2.24) is 20.2 Å². The van der Waals surface area contributed by atoms with E-state index in [0.717, 1.165) is 30.1 Å². The minimum Gasteiger partial charge on any atom is -0.442 e. The molecule has 1 aromatic rings. The van der Waals surface area contributed by atoms with Crippen LogP contribution < -0.4 is 15.1 Å². The molecule has 0 spiro atoms. The molecule has 0 aliphatic carbocycles. The Morgan fingerprint density at radius 3 is 2.38 bits per heavy atom. The van der Waals surface area contributed by atoms with Crippen molar-refractivity contribution in [3.8, 4) is 0 Å². The fourth-order valence-corrected chi connectivity index (χ4v) is 4.32. The van der Waals surface area contributed by atoms with Crippen molar-refractivity contribution in [2.45, 2.75) is 12.5 Å². The van der Waals surface area contributed by atoms with Crippen LogP contribution in [0.3, 0.4) is 0 Å². The van der Waals surface area contributed by atoms with Crippen molar-refractivity contribution in [1.29, 1.82) is 0 Å². The average molecular weight is 532 g/mol. The topological polar surface area (TPSA) is 97.9 Å². The third-order valence-corrected chi connectivity index (χ3v) is 6.37. The van der Waals surface area contributed by atoms with Crippen LogP contribution in [0.15, 0.2) is 12.1 Å². The lowest BCUT2D eigenvalue weighted by molar-refractivity contribution is -0.132. The number of ether oxygens (including phenoxy) is 1. The molecular formula is C22H28F4N6O5. The number of alkyl halides is 2. The highest BCUT2D eigenvalue weighted by atomic mass is 19.3. The van der Waals surface area contributed by atoms with Crippen LogP contribution in [0.5, 0.6) is 0 Å². The molecule has 4 amide bonds. The highest BCUT2D eigenvalue weighted by Crippen LogP contribution is 2.31. The van der Waals surface area contributed by atoms with E-state index in [-0.39, 0.29) is 56.7 Å². The maximum Gasteiger partial charge on any atom is 0.414 e. The summed E-state index contributed by atoms with van der Waals surface area (Å²) < 4.78 is 59.9. The number of anilines is 2. The number of amides is 4. The zero-order valence-corrected chi connectivity index (χ0v) is 20.2. The van der Waals surface area contributed by atoms with E-state index in [1.165, 1.54) is 9.96 Å². The zero-order chi connectivity index (χ0) is 26.7. The van der Waals surface area contributed by atoms with E-state index in [1.54, 1.807) is 4.90 Å². The van der Waals surface area contributed by atoms with E-state index in [1.807, 2.05) is 12.4 Å². The molecule has 0 radical (unpaired) electrons. The molecule has 0 aromatic heterocycles. The van der Waals surface area contributed by atoms with Crippen LogP contribution >= 0.6 is 0 Å². The molecule has 1 N–H and O–H groups in total. The van der Waals surface area contributed by atoms with Gasteiger partial charge in [-0.25, -0.2) is 23.4 Å². The van der Waals surface area contributed by atoms with Crippen LogP contribution in [-0.4, -0.2) is 118 Å². The molecule has 3 saturated heterocycles. The molecule has 1 aromatic carbocycles. The molecule has 11 nitrogen and oxygen atoms in total. The van der Waals surface area contributed by atoms with Gasteiger partial charge in [0.2, 0.25) is 0 Å². The van der Waals surface area contributed by atoms with Gasteiger partial charge in [0.1, 0.15) is 11.8 Å². The van der Waals surface area contributed by atoms with E-state index in [4.69, 9.17) is 9.57 Å². The van der Waals surface area contributed by atoms with E-state index in [0.29, 0.717) is 13.1 Å². The van der Waals surface area contributed by atoms with Crippen LogP contribution in [0.2, 0.25) is 0 Å². The fraction of sp³-hybridized carbons (Fsp3) is 0.591. The molecular weight excluding hydrogens is 504 g/mol. The van der Waals surface area contributed by atoms with E-state index in [2.05, 4.69) is 4.90 Å². The number of carbonyl (C=O) groups excluding carboxylic acids is 3. The van der Waals surface area contributed by atoms with Crippen LogP contribution in [0.25, 0.3) is 0 Å². The van der Waals surface area contributed by atoms with Gasteiger partial charge in [0.05, 0.1) is 31.9 Å². The highest BCUT2D eigenvalue weighted by molar-refractivity contribution is 5.90. The number of hydrogen-bond acceptors (Lipinski definition) is 7. The number of carbonyl (C=O) groups is 3. The van der Waals surface area contributed by atoms with Gasteiger partial charge in [-0.3, -0.25) is 14.5 Å². The maximum absolute atomic E-state index is 15.1. The van der Waals surface area contributed by atoms with Crippen molar-refractivity contribution in [3.63, 3.8) is 0 Å². The van der Waals surface area contributed by atoms with Gasteiger partial charge in [0, 0.05) is 51.4 Å². The van der Waals surface area contributed by atoms with Gasteiger partial charge in [0.15, 0.2) is 11.6 Å². The largest absolute Gasteiger partial charge is 0.442 e. The number of nitrogens with zero attached hydrogens (tertiary/aromatic N) is 5. The summed E-state index contributed by atoms with van der Waals surface area (Å²) in [5.41, 5.74) is -0.445. The number of hydroxylamine groups is 2. The Hall–Kier alpha value is -3.33. The molecule has 3 aliphatic heterocycles. The molecule has 0 saturated carbocycles. The molecule has 3 heterocycles. The van der Waals surface area contributed by atoms with Gasteiger partial charge in [-0.15, -0.1) is 0 Å². The summed E-state index contributed by atoms with van der Waals surface area (Å²) >= 11 is 0. The molecule has 15 heteroatoms. The first-order chi connectivity index (χ1) is 17.6. The number of likely N-dealkylation sites (N-methyl/N-ethyl adjacent to an activating group) is 1. The van der Waals surface area contributed by atoms with Crippen LogP contribution in [-0.2, 0) is 14.4 Å². The second-order valence-corrected chi connectivity index (χ2v) is 8.92. The molecule has 1 atom stereocenters. The summed E-state index contributed by atoms with van der Waals surface area (Å²) in [4.78, 5) is 47.7. The number of hydrogen-bond donors (Lipinski definition) is 1. The normalized spacial score (nSPS) is 21.4. The maximum atomic E-state index is 15.1. The summed E-state index contributed by atoms with van der Waals surface area (Å²) in [5.74, 6) is -3.38. The Kier molecular flexibility index (Phi) is 8.22. The van der Waals surface area contributed by atoms with Crippen LogP contribution in [0, 0.1) is 11.6 Å². The van der Waals surface area contributed by atoms with Gasteiger partial charge in [-0.05, 0) is 7.05 Å². The summed E-state index contributed by atoms with van der Waals surface area (Å²) in [5, 5.41) is 3.15. The zero-order valence-electron chi connectivity index (χ0n) is 20.2. The number of piperazine rings is 1. The molecule has 204 valence electrons. The molecule has 3 aliphatic rings. The first kappa shape index (κ1) is 26.7. The summed E-state index contributed by atoms with van der Waals surface area (Å²) in [6, 6.07) is 1.65.